The fourth-order valence-electron chi connectivity index (χ4n) is 1.63. The summed E-state index contributed by atoms with van der Waals surface area (Å²) in [6.45, 7) is 1.19. The van der Waals surface area contributed by atoms with E-state index in [-0.39, 0.29) is 0 Å². The highest BCUT2D eigenvalue weighted by atomic mass is 79.9. The molecular formula is C9H12BrNO2S2. The second kappa shape index (κ2) is 4.53. The van der Waals surface area contributed by atoms with E-state index in [2.05, 4.69) is 15.9 Å². The Morgan fingerprint density at radius 2 is 2.20 bits per heavy atom. The van der Waals surface area contributed by atoms with Crippen LogP contribution in [-0.2, 0) is 16.6 Å². The first kappa shape index (κ1) is 11.6. The predicted molar refractivity (Wildman–Crippen MR) is 65.4 cm³/mol. The Morgan fingerprint density at radius 3 is 2.80 bits per heavy atom. The van der Waals surface area contributed by atoms with E-state index in [1.807, 2.05) is 12.1 Å². The summed E-state index contributed by atoms with van der Waals surface area (Å²) < 4.78 is 26.1. The molecule has 2 heterocycles. The molecule has 0 spiro atoms. The van der Waals surface area contributed by atoms with Crippen LogP contribution in [-0.4, -0.2) is 25.0 Å². The zero-order valence-corrected chi connectivity index (χ0v) is 11.4. The SMILES string of the molecule is O=S1(=O)CCCCN1Cc1ccc(Br)s1. The summed E-state index contributed by atoms with van der Waals surface area (Å²) in [6, 6.07) is 3.93. The molecule has 84 valence electrons. The van der Waals surface area contributed by atoms with Gasteiger partial charge in [-0.1, -0.05) is 0 Å². The van der Waals surface area contributed by atoms with Crippen LogP contribution in [0.4, 0.5) is 0 Å². The van der Waals surface area contributed by atoms with Crippen LogP contribution in [0.25, 0.3) is 0 Å². The van der Waals surface area contributed by atoms with E-state index in [1.165, 1.54) is 0 Å². The maximum atomic E-state index is 11.7. The monoisotopic (exact) mass is 309 g/mol. The lowest BCUT2D eigenvalue weighted by Crippen LogP contribution is -2.36. The molecule has 0 atom stereocenters. The highest BCUT2D eigenvalue weighted by molar-refractivity contribution is 9.11. The van der Waals surface area contributed by atoms with Crippen molar-refractivity contribution in [2.24, 2.45) is 0 Å². The standard InChI is InChI=1S/C9H12BrNO2S2/c10-9-4-3-8(14-9)7-11-5-1-2-6-15(11,12)13/h3-4H,1-2,5-7H2. The van der Waals surface area contributed by atoms with Gasteiger partial charge < -0.3 is 0 Å². The van der Waals surface area contributed by atoms with Crippen molar-refractivity contribution >= 4 is 37.3 Å². The predicted octanol–water partition coefficient (Wildman–Crippen LogP) is 2.44. The number of hydrogen-bond donors (Lipinski definition) is 0. The first-order chi connectivity index (χ1) is 7.08. The molecule has 1 aromatic rings. The van der Waals surface area contributed by atoms with Gasteiger partial charge >= 0.3 is 0 Å². The van der Waals surface area contributed by atoms with Crippen LogP contribution in [0.1, 0.15) is 17.7 Å². The van der Waals surface area contributed by atoms with Gasteiger partial charge in [0.1, 0.15) is 0 Å². The van der Waals surface area contributed by atoms with Crippen LogP contribution in [0, 0.1) is 0 Å². The molecule has 3 nitrogen and oxygen atoms in total. The highest BCUT2D eigenvalue weighted by Gasteiger charge is 2.25. The molecule has 0 aliphatic carbocycles. The van der Waals surface area contributed by atoms with Gasteiger partial charge in [-0.3, -0.25) is 0 Å². The van der Waals surface area contributed by atoms with Crippen molar-refractivity contribution in [3.8, 4) is 0 Å². The molecule has 1 aliphatic heterocycles. The average molecular weight is 310 g/mol. The number of rotatable bonds is 2. The third-order valence-electron chi connectivity index (χ3n) is 2.41. The van der Waals surface area contributed by atoms with Crippen molar-refractivity contribution in [1.29, 1.82) is 0 Å². The quantitative estimate of drug-likeness (QED) is 0.841. The topological polar surface area (TPSA) is 37.4 Å². The fraction of sp³-hybridized carbons (Fsp3) is 0.556. The maximum absolute atomic E-state index is 11.7. The third kappa shape index (κ3) is 2.81. The van der Waals surface area contributed by atoms with Crippen molar-refractivity contribution in [3.05, 3.63) is 20.8 Å². The number of hydrogen-bond acceptors (Lipinski definition) is 3. The van der Waals surface area contributed by atoms with E-state index >= 15 is 0 Å². The van der Waals surface area contributed by atoms with Gasteiger partial charge in [-0.05, 0) is 40.9 Å². The fourth-order valence-corrected chi connectivity index (χ4v) is 4.78. The van der Waals surface area contributed by atoms with Crippen LogP contribution in [0.5, 0.6) is 0 Å². The minimum absolute atomic E-state index is 0.305. The summed E-state index contributed by atoms with van der Waals surface area (Å²) in [5, 5.41) is 0. The second-order valence-electron chi connectivity index (χ2n) is 3.56. The zero-order valence-electron chi connectivity index (χ0n) is 8.15. The van der Waals surface area contributed by atoms with Crippen molar-refractivity contribution in [2.45, 2.75) is 19.4 Å². The van der Waals surface area contributed by atoms with Crippen LogP contribution >= 0.6 is 27.3 Å². The first-order valence-electron chi connectivity index (χ1n) is 4.80. The summed E-state index contributed by atoms with van der Waals surface area (Å²) in [5.41, 5.74) is 0. The van der Waals surface area contributed by atoms with Crippen molar-refractivity contribution < 1.29 is 8.42 Å². The Labute approximate surface area is 102 Å². The number of thiophene rings is 1. The Morgan fingerprint density at radius 1 is 1.40 bits per heavy atom. The van der Waals surface area contributed by atoms with Crippen LogP contribution in [0.15, 0.2) is 15.9 Å². The number of sulfonamides is 1. The molecule has 2 rings (SSSR count). The largest absolute Gasteiger partial charge is 0.214 e. The third-order valence-corrected chi connectivity index (χ3v) is 5.93. The Hall–Kier alpha value is 0.0900. The molecule has 0 saturated carbocycles. The lowest BCUT2D eigenvalue weighted by atomic mass is 10.3. The normalized spacial score (nSPS) is 21.7. The highest BCUT2D eigenvalue weighted by Crippen LogP contribution is 2.25. The van der Waals surface area contributed by atoms with Gasteiger partial charge in [-0.15, -0.1) is 11.3 Å². The summed E-state index contributed by atoms with van der Waals surface area (Å²) in [6.07, 6.45) is 1.78. The molecule has 1 aromatic heterocycles. The minimum atomic E-state index is -2.99. The van der Waals surface area contributed by atoms with Gasteiger partial charge in [0.05, 0.1) is 9.54 Å². The van der Waals surface area contributed by atoms with E-state index in [9.17, 15) is 8.42 Å². The van der Waals surface area contributed by atoms with E-state index in [0.29, 0.717) is 18.8 Å². The van der Waals surface area contributed by atoms with Crippen molar-refractivity contribution in [3.63, 3.8) is 0 Å². The lowest BCUT2D eigenvalue weighted by Gasteiger charge is -2.25. The molecule has 6 heteroatoms. The molecule has 15 heavy (non-hydrogen) atoms. The van der Waals surface area contributed by atoms with Crippen LogP contribution in [0.2, 0.25) is 0 Å². The van der Waals surface area contributed by atoms with Gasteiger partial charge in [0.2, 0.25) is 10.0 Å². The molecule has 0 unspecified atom stereocenters. The van der Waals surface area contributed by atoms with E-state index in [0.717, 1.165) is 21.5 Å². The summed E-state index contributed by atoms with van der Waals surface area (Å²) in [5.74, 6) is 0.305. The van der Waals surface area contributed by atoms with Crippen LogP contribution < -0.4 is 0 Å². The Kier molecular flexibility index (Phi) is 3.49. The smallest absolute Gasteiger partial charge is 0.212 e. The van der Waals surface area contributed by atoms with E-state index < -0.39 is 10.0 Å². The van der Waals surface area contributed by atoms with E-state index in [1.54, 1.807) is 15.6 Å². The minimum Gasteiger partial charge on any atom is -0.212 e. The molecule has 1 fully saturated rings. The van der Waals surface area contributed by atoms with E-state index in [4.69, 9.17) is 0 Å². The Balaban J connectivity index is 2.11. The molecule has 0 N–H and O–H groups in total. The van der Waals surface area contributed by atoms with Crippen molar-refractivity contribution in [2.75, 3.05) is 12.3 Å². The molecule has 1 aliphatic rings. The molecule has 0 amide bonds. The lowest BCUT2D eigenvalue weighted by molar-refractivity contribution is 0.381. The Bertz CT molecular complexity index is 441. The molecule has 0 radical (unpaired) electrons. The van der Waals surface area contributed by atoms with Gasteiger partial charge in [-0.25, -0.2) is 8.42 Å². The number of nitrogens with zero attached hydrogens (tertiary/aromatic N) is 1. The van der Waals surface area contributed by atoms with Crippen molar-refractivity contribution in [1.82, 2.24) is 4.31 Å². The van der Waals surface area contributed by atoms with Gasteiger partial charge in [0.15, 0.2) is 0 Å². The molecule has 0 aromatic carbocycles. The second-order valence-corrected chi connectivity index (χ2v) is 8.20. The molecular weight excluding hydrogens is 298 g/mol. The summed E-state index contributed by atoms with van der Waals surface area (Å²) in [7, 11) is -2.99. The average Bonchev–Trinajstić information content (AvgIpc) is 2.55. The van der Waals surface area contributed by atoms with Gasteiger partial charge in [0.25, 0.3) is 0 Å². The summed E-state index contributed by atoms with van der Waals surface area (Å²) in [4.78, 5) is 1.09. The van der Waals surface area contributed by atoms with Crippen LogP contribution in [0.3, 0.4) is 0 Å². The number of halogens is 1. The van der Waals surface area contributed by atoms with Gasteiger partial charge in [0, 0.05) is 18.0 Å². The zero-order chi connectivity index (χ0) is 10.9. The maximum Gasteiger partial charge on any atom is 0.214 e. The molecule has 1 saturated heterocycles. The summed E-state index contributed by atoms with van der Waals surface area (Å²) >= 11 is 4.97. The van der Waals surface area contributed by atoms with Gasteiger partial charge in [-0.2, -0.15) is 4.31 Å². The first-order valence-corrected chi connectivity index (χ1v) is 8.02. The molecule has 0 bridgehead atoms.